The van der Waals surface area contributed by atoms with Crippen LogP contribution in [0.3, 0.4) is 0 Å². The predicted octanol–water partition coefficient (Wildman–Crippen LogP) is 24.8. The zero-order valence-electron chi connectivity index (χ0n) is 54.8. The topological polar surface area (TPSA) is 78.9 Å². The first-order valence-corrected chi connectivity index (χ1v) is 35.9. The molecule has 0 amide bonds. The Morgan fingerprint density at radius 1 is 0.256 bits per heavy atom. The first kappa shape index (κ1) is 78.8. The van der Waals surface area contributed by atoms with E-state index in [-0.39, 0.29) is 31.1 Å². The largest absolute Gasteiger partial charge is 0.462 e. The van der Waals surface area contributed by atoms with Gasteiger partial charge in [-0.15, -0.1) is 0 Å². The SMILES string of the molecule is CC/C=C\C/C=C\C/C=C\C/C=C\CCCCCCCCCCCCC(=O)OC(COC(=O)CCCCCCC/C=C\C/C=C\CCCC)COC(=O)CCCCCCCCCCCCCCCCCCCCCCCCCCCCC. The Kier molecular flexibility index (Phi) is 67.6. The Balaban J connectivity index is 4.26. The van der Waals surface area contributed by atoms with Crippen molar-refractivity contribution in [3.63, 3.8) is 0 Å². The first-order chi connectivity index (χ1) is 40.5. The molecule has 0 saturated carbocycles. The highest BCUT2D eigenvalue weighted by Gasteiger charge is 2.19. The minimum Gasteiger partial charge on any atom is -0.462 e. The van der Waals surface area contributed by atoms with E-state index < -0.39 is 6.10 Å². The second kappa shape index (κ2) is 70.3. The molecule has 0 aromatic heterocycles. The maximum absolute atomic E-state index is 13.0. The summed E-state index contributed by atoms with van der Waals surface area (Å²) in [5.74, 6) is -0.875. The summed E-state index contributed by atoms with van der Waals surface area (Å²) in [6.07, 6.45) is 92.2. The van der Waals surface area contributed by atoms with E-state index in [2.05, 4.69) is 93.7 Å². The van der Waals surface area contributed by atoms with Gasteiger partial charge >= 0.3 is 17.9 Å². The fraction of sp³-hybridized carbons (Fsp3) is 0.803. The smallest absolute Gasteiger partial charge is 0.306 e. The van der Waals surface area contributed by atoms with Crippen LogP contribution in [0, 0.1) is 0 Å². The predicted molar refractivity (Wildman–Crippen MR) is 358 cm³/mol. The molecule has 0 aliphatic carbocycles. The molecule has 0 N–H and O–H groups in total. The highest BCUT2D eigenvalue weighted by atomic mass is 16.6. The minimum absolute atomic E-state index is 0.0780. The maximum atomic E-state index is 13.0. The summed E-state index contributed by atoms with van der Waals surface area (Å²) in [7, 11) is 0. The van der Waals surface area contributed by atoms with Crippen molar-refractivity contribution in [1.29, 1.82) is 0 Å². The van der Waals surface area contributed by atoms with E-state index >= 15 is 0 Å². The van der Waals surface area contributed by atoms with Crippen molar-refractivity contribution < 1.29 is 28.6 Å². The molecule has 476 valence electrons. The van der Waals surface area contributed by atoms with Crippen LogP contribution in [0.25, 0.3) is 0 Å². The lowest BCUT2D eigenvalue weighted by atomic mass is 10.0. The number of hydrogen-bond donors (Lipinski definition) is 0. The lowest BCUT2D eigenvalue weighted by molar-refractivity contribution is -0.167. The molecular formula is C76H136O6. The van der Waals surface area contributed by atoms with Crippen LogP contribution in [0.4, 0.5) is 0 Å². The van der Waals surface area contributed by atoms with Crippen molar-refractivity contribution in [1.82, 2.24) is 0 Å². The summed E-state index contributed by atoms with van der Waals surface area (Å²) in [6.45, 7) is 6.53. The molecule has 0 aliphatic rings. The number of unbranched alkanes of at least 4 members (excludes halogenated alkanes) is 43. The Bertz CT molecular complexity index is 1500. The molecule has 0 fully saturated rings. The van der Waals surface area contributed by atoms with Crippen molar-refractivity contribution in [3.05, 3.63) is 72.9 Å². The number of ether oxygens (including phenoxy) is 3. The number of allylic oxidation sites excluding steroid dienone is 12. The van der Waals surface area contributed by atoms with Crippen LogP contribution in [0.5, 0.6) is 0 Å². The molecule has 1 atom stereocenters. The maximum Gasteiger partial charge on any atom is 0.306 e. The average Bonchev–Trinajstić information content (AvgIpc) is 3.47. The van der Waals surface area contributed by atoms with Crippen LogP contribution in [0.15, 0.2) is 72.9 Å². The molecule has 0 aromatic carbocycles. The van der Waals surface area contributed by atoms with Crippen molar-refractivity contribution in [3.8, 4) is 0 Å². The van der Waals surface area contributed by atoms with Crippen LogP contribution in [0.1, 0.15) is 374 Å². The van der Waals surface area contributed by atoms with Crippen molar-refractivity contribution >= 4 is 17.9 Å². The fourth-order valence-corrected chi connectivity index (χ4v) is 10.6. The zero-order chi connectivity index (χ0) is 59.2. The summed E-state index contributed by atoms with van der Waals surface area (Å²) in [6, 6.07) is 0. The normalized spacial score (nSPS) is 12.5. The van der Waals surface area contributed by atoms with E-state index in [1.165, 1.54) is 231 Å². The molecule has 0 saturated heterocycles. The van der Waals surface area contributed by atoms with E-state index in [1.54, 1.807) is 0 Å². The minimum atomic E-state index is -0.784. The number of rotatable bonds is 66. The number of hydrogen-bond acceptors (Lipinski definition) is 6. The molecule has 82 heavy (non-hydrogen) atoms. The molecule has 6 nitrogen and oxygen atoms in total. The third-order valence-corrected chi connectivity index (χ3v) is 15.9. The van der Waals surface area contributed by atoms with Crippen LogP contribution in [0.2, 0.25) is 0 Å². The fourth-order valence-electron chi connectivity index (χ4n) is 10.6. The van der Waals surface area contributed by atoms with Crippen molar-refractivity contribution in [2.75, 3.05) is 13.2 Å². The van der Waals surface area contributed by atoms with Crippen molar-refractivity contribution in [2.45, 2.75) is 380 Å². The Morgan fingerprint density at radius 2 is 0.488 bits per heavy atom. The zero-order valence-corrected chi connectivity index (χ0v) is 54.8. The van der Waals surface area contributed by atoms with Gasteiger partial charge in [0.05, 0.1) is 0 Å². The van der Waals surface area contributed by atoms with Gasteiger partial charge in [0.15, 0.2) is 6.10 Å². The number of carbonyl (C=O) groups excluding carboxylic acids is 3. The van der Waals surface area contributed by atoms with Crippen LogP contribution in [-0.4, -0.2) is 37.2 Å². The summed E-state index contributed by atoms with van der Waals surface area (Å²) >= 11 is 0. The molecule has 0 rings (SSSR count). The second-order valence-corrected chi connectivity index (χ2v) is 24.1. The second-order valence-electron chi connectivity index (χ2n) is 24.1. The lowest BCUT2D eigenvalue weighted by Crippen LogP contribution is -2.30. The third kappa shape index (κ3) is 67.6. The summed E-state index contributed by atoms with van der Waals surface area (Å²) in [5, 5.41) is 0. The van der Waals surface area contributed by atoms with E-state index in [9.17, 15) is 14.4 Å². The Labute approximate surface area is 510 Å². The number of esters is 3. The number of carbonyl (C=O) groups is 3. The van der Waals surface area contributed by atoms with E-state index in [0.29, 0.717) is 19.3 Å². The van der Waals surface area contributed by atoms with Gasteiger partial charge in [0.1, 0.15) is 13.2 Å². The Hall–Kier alpha value is -3.15. The first-order valence-electron chi connectivity index (χ1n) is 35.9. The van der Waals surface area contributed by atoms with E-state index in [4.69, 9.17) is 14.2 Å². The quantitative estimate of drug-likeness (QED) is 0.0261. The molecule has 0 aliphatic heterocycles. The van der Waals surface area contributed by atoms with Gasteiger partial charge in [-0.3, -0.25) is 14.4 Å². The van der Waals surface area contributed by atoms with E-state index in [0.717, 1.165) is 103 Å². The van der Waals surface area contributed by atoms with Gasteiger partial charge in [-0.1, -0.05) is 344 Å². The van der Waals surface area contributed by atoms with Gasteiger partial charge in [-0.2, -0.15) is 0 Å². The van der Waals surface area contributed by atoms with Gasteiger partial charge in [-0.25, -0.2) is 0 Å². The molecule has 0 aromatic rings. The molecule has 0 spiro atoms. The molecule has 6 heteroatoms. The van der Waals surface area contributed by atoms with Gasteiger partial charge < -0.3 is 14.2 Å². The Morgan fingerprint density at radius 3 is 0.780 bits per heavy atom. The van der Waals surface area contributed by atoms with Gasteiger partial charge in [-0.05, 0) is 83.5 Å². The monoisotopic (exact) mass is 1150 g/mol. The summed E-state index contributed by atoms with van der Waals surface area (Å²) < 4.78 is 17.0. The van der Waals surface area contributed by atoms with Crippen LogP contribution >= 0.6 is 0 Å². The van der Waals surface area contributed by atoms with Crippen molar-refractivity contribution in [2.24, 2.45) is 0 Å². The highest BCUT2D eigenvalue weighted by Crippen LogP contribution is 2.18. The van der Waals surface area contributed by atoms with Crippen LogP contribution in [-0.2, 0) is 28.6 Å². The standard InChI is InChI=1S/C76H136O6/c1-4-7-10-13-16-19-22-25-28-30-32-34-36-37-38-39-41-42-44-46-48-51-54-57-60-63-66-69-75(78)81-72-73(71-80-74(77)68-65-62-59-56-53-50-27-24-21-18-15-12-9-6-3)82-76(79)70-67-64-61-58-55-52-49-47-45-43-40-35-33-31-29-26-23-20-17-14-11-8-5-2/h8,11,15,17-18,20,24,26-27,29,33,35,73H,4-7,9-10,12-14,16,19,21-23,25,28,30-32,34,36-72H2,1-3H3/b11-8-,18-15-,20-17-,27-24-,29-26-,35-33-. The molecule has 0 radical (unpaired) electrons. The van der Waals surface area contributed by atoms with Gasteiger partial charge in [0.2, 0.25) is 0 Å². The van der Waals surface area contributed by atoms with E-state index in [1.807, 2.05) is 0 Å². The summed E-state index contributed by atoms with van der Waals surface area (Å²) in [5.41, 5.74) is 0. The van der Waals surface area contributed by atoms with Gasteiger partial charge in [0, 0.05) is 19.3 Å². The highest BCUT2D eigenvalue weighted by molar-refractivity contribution is 5.71. The molecular weight excluding hydrogens is 1010 g/mol. The average molecular weight is 1150 g/mol. The molecule has 0 bridgehead atoms. The molecule has 1 unspecified atom stereocenters. The lowest BCUT2D eigenvalue weighted by Gasteiger charge is -2.18. The molecule has 0 heterocycles. The van der Waals surface area contributed by atoms with Gasteiger partial charge in [0.25, 0.3) is 0 Å². The van der Waals surface area contributed by atoms with Crippen LogP contribution < -0.4 is 0 Å². The third-order valence-electron chi connectivity index (χ3n) is 15.9. The summed E-state index contributed by atoms with van der Waals surface area (Å²) in [4.78, 5) is 38.5.